The van der Waals surface area contributed by atoms with Crippen molar-refractivity contribution in [2.24, 2.45) is 4.99 Å². The van der Waals surface area contributed by atoms with Crippen molar-refractivity contribution in [3.8, 4) is 0 Å². The van der Waals surface area contributed by atoms with Crippen LogP contribution in [0.2, 0.25) is 0 Å². The van der Waals surface area contributed by atoms with Gasteiger partial charge in [-0.15, -0.1) is 0 Å². The van der Waals surface area contributed by atoms with Crippen LogP contribution in [0.25, 0.3) is 0 Å². The van der Waals surface area contributed by atoms with Gasteiger partial charge in [0.15, 0.2) is 12.9 Å². The molecule has 2 rings (SSSR count). The third-order valence-corrected chi connectivity index (χ3v) is 2.51. The summed E-state index contributed by atoms with van der Waals surface area (Å²) in [4.78, 5) is 27.6. The molecule has 0 saturated carbocycles. The highest BCUT2D eigenvalue weighted by Crippen LogP contribution is 2.09. The van der Waals surface area contributed by atoms with E-state index >= 15 is 0 Å². The maximum Gasteiger partial charge on any atom is 0.221 e. The first kappa shape index (κ1) is 15.1. The van der Waals surface area contributed by atoms with Crippen molar-refractivity contribution in [1.29, 1.82) is 0 Å². The van der Waals surface area contributed by atoms with E-state index in [0.717, 1.165) is 4.90 Å². The molecule has 0 radical (unpaired) electrons. The highest BCUT2D eigenvalue weighted by Gasteiger charge is 2.14. The molecular weight excluding hydrogens is 266 g/mol. The number of ketones is 1. The van der Waals surface area contributed by atoms with Gasteiger partial charge >= 0.3 is 0 Å². The molecule has 100 valence electrons. The van der Waals surface area contributed by atoms with Crippen molar-refractivity contribution in [2.75, 3.05) is 11.9 Å². The summed E-state index contributed by atoms with van der Waals surface area (Å²) >= 11 is 0. The first-order valence-corrected chi connectivity index (χ1v) is 5.61. The third kappa shape index (κ3) is 4.31. The number of hydrogen-bond acceptors (Lipinski definition) is 3. The number of Topliss-reactive ketones (excluding diaryl/α,β-unsaturated/α-hetero) is 1. The molecule has 1 aromatic rings. The van der Waals surface area contributed by atoms with E-state index in [1.165, 1.54) is 6.92 Å². The molecule has 0 fully saturated rings. The minimum absolute atomic E-state index is 0. The molecule has 1 amide bonds. The van der Waals surface area contributed by atoms with E-state index in [1.54, 1.807) is 36.8 Å². The van der Waals surface area contributed by atoms with Crippen LogP contribution in [0.15, 0.2) is 41.7 Å². The Morgan fingerprint density at radius 3 is 2.47 bits per heavy atom. The van der Waals surface area contributed by atoms with Crippen molar-refractivity contribution in [2.45, 2.75) is 6.92 Å². The van der Waals surface area contributed by atoms with Gasteiger partial charge in [0, 0.05) is 18.2 Å². The fourth-order valence-corrected chi connectivity index (χ4v) is 1.66. The molecule has 1 aromatic carbocycles. The van der Waals surface area contributed by atoms with E-state index in [4.69, 9.17) is 0 Å². The summed E-state index contributed by atoms with van der Waals surface area (Å²) in [6.45, 7) is 1.79. The second kappa shape index (κ2) is 6.82. The lowest BCUT2D eigenvalue weighted by molar-refractivity contribution is -0.725. The molecule has 0 spiro atoms. The van der Waals surface area contributed by atoms with E-state index in [2.05, 4.69) is 10.3 Å². The van der Waals surface area contributed by atoms with Crippen LogP contribution in [0.1, 0.15) is 17.3 Å². The summed E-state index contributed by atoms with van der Waals surface area (Å²) < 4.78 is 0. The Bertz CT molecular complexity index is 511. The number of nitrogens with one attached hydrogen (secondary N) is 2. The number of nitrogens with zero attached hydrogens (tertiary/aromatic N) is 1. The molecule has 0 aromatic heterocycles. The van der Waals surface area contributed by atoms with Crippen LogP contribution in [0, 0.1) is 0 Å². The van der Waals surface area contributed by atoms with Crippen LogP contribution in [0.5, 0.6) is 0 Å². The zero-order valence-corrected chi connectivity index (χ0v) is 11.1. The molecule has 1 aliphatic heterocycles. The van der Waals surface area contributed by atoms with Crippen LogP contribution in [-0.2, 0) is 4.79 Å². The van der Waals surface area contributed by atoms with Crippen molar-refractivity contribution < 1.29 is 26.9 Å². The molecule has 6 heteroatoms. The average Bonchev–Trinajstić information content (AvgIpc) is 2.82. The molecule has 1 atom stereocenters. The lowest BCUT2D eigenvalue weighted by atomic mass is 10.1. The summed E-state index contributed by atoms with van der Waals surface area (Å²) in [6, 6.07) is 6.86. The molecule has 0 bridgehead atoms. The normalized spacial score (nSPS) is 15.9. The van der Waals surface area contributed by atoms with Gasteiger partial charge in [-0.1, -0.05) is 0 Å². The Labute approximate surface area is 117 Å². The maximum atomic E-state index is 11.9. The zero-order valence-electron chi connectivity index (χ0n) is 10.4. The first-order chi connectivity index (χ1) is 8.65. The summed E-state index contributed by atoms with van der Waals surface area (Å²) in [7, 11) is 0. The number of hydrogen-bond donors (Lipinski definition) is 2. The highest BCUT2D eigenvalue weighted by atomic mass is 35.5. The van der Waals surface area contributed by atoms with Gasteiger partial charge in [-0.25, -0.2) is 4.99 Å². The SMILES string of the molecule is CC(=O)Nc1ccc(C(=O)C[NH+]2C=CN=C2)cc1.[Cl-]. The molecule has 1 unspecified atom stereocenters. The van der Waals surface area contributed by atoms with Gasteiger partial charge in [0.2, 0.25) is 11.7 Å². The number of benzene rings is 1. The van der Waals surface area contributed by atoms with Crippen LogP contribution in [0.4, 0.5) is 5.69 Å². The summed E-state index contributed by atoms with van der Waals surface area (Å²) in [5, 5.41) is 2.66. The van der Waals surface area contributed by atoms with E-state index in [9.17, 15) is 9.59 Å². The Morgan fingerprint density at radius 1 is 1.26 bits per heavy atom. The number of halogens is 1. The van der Waals surface area contributed by atoms with Gasteiger partial charge in [0.25, 0.3) is 0 Å². The van der Waals surface area contributed by atoms with Crippen molar-refractivity contribution in [1.82, 2.24) is 0 Å². The Kier molecular flexibility index (Phi) is 5.41. The fraction of sp³-hybridized carbons (Fsp3) is 0.154. The van der Waals surface area contributed by atoms with E-state index < -0.39 is 0 Å². The number of anilines is 1. The quantitative estimate of drug-likeness (QED) is 0.586. The standard InChI is InChI=1S/C13H13N3O2.ClH/c1-10(17)15-12-4-2-11(3-5-12)13(18)8-16-7-6-14-9-16;/h2-7,9H,8H2,1H3,(H,15,17);1H. The third-order valence-electron chi connectivity index (χ3n) is 2.51. The first-order valence-electron chi connectivity index (χ1n) is 5.61. The van der Waals surface area contributed by atoms with Gasteiger partial charge in [-0.2, -0.15) is 0 Å². The van der Waals surface area contributed by atoms with Gasteiger partial charge in [-0.3, -0.25) is 14.5 Å². The van der Waals surface area contributed by atoms with Gasteiger partial charge in [0.1, 0.15) is 6.20 Å². The second-order valence-electron chi connectivity index (χ2n) is 4.03. The largest absolute Gasteiger partial charge is 1.00 e. The maximum absolute atomic E-state index is 11.9. The van der Waals surface area contributed by atoms with E-state index in [-0.39, 0.29) is 24.1 Å². The fourth-order valence-electron chi connectivity index (χ4n) is 1.66. The Hall–Kier alpha value is -1.98. The molecule has 2 N–H and O–H groups in total. The monoisotopic (exact) mass is 279 g/mol. The van der Waals surface area contributed by atoms with Crippen molar-refractivity contribution >= 4 is 23.7 Å². The van der Waals surface area contributed by atoms with Crippen LogP contribution in [-0.4, -0.2) is 24.6 Å². The molecule has 1 aliphatic rings. The van der Waals surface area contributed by atoms with Crippen LogP contribution in [0.3, 0.4) is 0 Å². The van der Waals surface area contributed by atoms with Gasteiger partial charge in [0.05, 0.1) is 6.20 Å². The summed E-state index contributed by atoms with van der Waals surface area (Å²) in [5.74, 6) is -0.0886. The lowest BCUT2D eigenvalue weighted by Gasteiger charge is -2.06. The molecular formula is C13H14ClN3O2. The molecule has 0 aliphatic carbocycles. The summed E-state index contributed by atoms with van der Waals surface area (Å²) in [6.07, 6.45) is 5.18. The van der Waals surface area contributed by atoms with Crippen LogP contribution >= 0.6 is 0 Å². The number of quaternary nitrogens is 1. The predicted molar refractivity (Wildman–Crippen MR) is 68.5 cm³/mol. The minimum Gasteiger partial charge on any atom is -1.00 e. The molecule has 19 heavy (non-hydrogen) atoms. The Morgan fingerprint density at radius 2 is 1.95 bits per heavy atom. The zero-order chi connectivity index (χ0) is 13.0. The smallest absolute Gasteiger partial charge is 0.221 e. The Balaban J connectivity index is 0.00000180. The van der Waals surface area contributed by atoms with E-state index in [1.807, 2.05) is 6.20 Å². The van der Waals surface area contributed by atoms with E-state index in [0.29, 0.717) is 17.8 Å². The van der Waals surface area contributed by atoms with Crippen molar-refractivity contribution in [3.05, 3.63) is 42.2 Å². The minimum atomic E-state index is -0.128. The van der Waals surface area contributed by atoms with Crippen LogP contribution < -0.4 is 22.6 Å². The van der Waals surface area contributed by atoms with Gasteiger partial charge < -0.3 is 17.7 Å². The van der Waals surface area contributed by atoms with Gasteiger partial charge in [-0.05, 0) is 24.3 Å². The van der Waals surface area contributed by atoms with Crippen molar-refractivity contribution in [3.63, 3.8) is 0 Å². The second-order valence-corrected chi connectivity index (χ2v) is 4.03. The number of rotatable bonds is 4. The predicted octanol–water partition coefficient (Wildman–Crippen LogP) is -2.77. The summed E-state index contributed by atoms with van der Waals surface area (Å²) in [5.41, 5.74) is 1.32. The average molecular weight is 280 g/mol. The lowest BCUT2D eigenvalue weighted by Crippen LogP contribution is -3.06. The number of carbonyl (C=O) groups excluding carboxylic acids is 2. The number of aliphatic imine (C=N–C) groups is 1. The highest BCUT2D eigenvalue weighted by molar-refractivity contribution is 5.98. The topological polar surface area (TPSA) is 63.0 Å². The molecule has 0 saturated heterocycles. The number of amides is 1. The number of carbonyl (C=O) groups is 2. The molecule has 1 heterocycles. The molecule has 5 nitrogen and oxygen atoms in total.